The van der Waals surface area contributed by atoms with Crippen LogP contribution in [0.3, 0.4) is 0 Å². The molecule has 266 valence electrons. The van der Waals surface area contributed by atoms with Gasteiger partial charge in [0.1, 0.15) is 29.4 Å². The number of benzene rings is 2. The summed E-state index contributed by atoms with van der Waals surface area (Å²) in [6.45, 7) is 2.41. The molecule has 16 nitrogen and oxygen atoms in total. The summed E-state index contributed by atoms with van der Waals surface area (Å²) in [5, 5.41) is 70.2. The standard InChI is InChI=1S/C34H35NO15/c1-11-6-13-7-19(38)34(49-5)30(44)22-15(29(43)33(34,46)23(13)27(42)20(11)32(45)48-4)8-14-21(26(22)41)18(37)9-17(24(14)39)35-31-16(10-36)25(40)28(47-3)12(2)50-31/h6,8-9,12,16,19,25,28,31,35-36,38,40-42,46H,7,10H2,1-5H3/t12-,16+,19?,25-,28-,31?,33-,34+/m0/s1. The minimum atomic E-state index is -3.24. The van der Waals surface area contributed by atoms with Crippen LogP contribution in [-0.4, -0.2) is 124 Å². The molecule has 1 heterocycles. The highest BCUT2D eigenvalue weighted by molar-refractivity contribution is 6.31. The van der Waals surface area contributed by atoms with Gasteiger partial charge in [-0.05, 0) is 31.0 Å². The highest BCUT2D eigenvalue weighted by atomic mass is 16.6. The minimum Gasteiger partial charge on any atom is -0.507 e. The van der Waals surface area contributed by atoms with Crippen LogP contribution in [-0.2, 0) is 31.0 Å². The van der Waals surface area contributed by atoms with E-state index in [0.29, 0.717) is 0 Å². The maximum Gasteiger partial charge on any atom is 0.341 e. The molecule has 8 atom stereocenters. The van der Waals surface area contributed by atoms with E-state index in [1.165, 1.54) is 20.1 Å². The number of hydrogen-bond donors (Lipinski definition) is 7. The van der Waals surface area contributed by atoms with Crippen molar-refractivity contribution in [1.82, 2.24) is 5.32 Å². The van der Waals surface area contributed by atoms with Gasteiger partial charge in [-0.1, -0.05) is 6.07 Å². The number of carbonyl (C=O) groups excluding carboxylic acids is 5. The number of nitrogens with one attached hydrogen (secondary N) is 1. The zero-order valence-corrected chi connectivity index (χ0v) is 27.5. The molecule has 16 heteroatoms. The van der Waals surface area contributed by atoms with E-state index in [1.807, 2.05) is 0 Å². The van der Waals surface area contributed by atoms with Gasteiger partial charge in [-0.2, -0.15) is 0 Å². The van der Waals surface area contributed by atoms with Gasteiger partial charge in [-0.25, -0.2) is 4.79 Å². The molecule has 0 saturated carbocycles. The number of aromatic hydroxyl groups is 2. The Bertz CT molecular complexity index is 1920. The van der Waals surface area contributed by atoms with Gasteiger partial charge in [0.15, 0.2) is 17.0 Å². The largest absolute Gasteiger partial charge is 0.507 e. The first-order valence-electron chi connectivity index (χ1n) is 15.5. The van der Waals surface area contributed by atoms with Gasteiger partial charge in [0.05, 0.1) is 54.8 Å². The fraction of sp³-hybridized carbons (Fsp3) is 0.441. The number of Topliss-reactive ketones (excluding diaryl/α,β-unsaturated/α-hetero) is 3. The van der Waals surface area contributed by atoms with Crippen LogP contribution in [0.5, 0.6) is 11.5 Å². The number of hydrogen-bond acceptors (Lipinski definition) is 16. The topological polar surface area (TPSA) is 256 Å². The Balaban J connectivity index is 1.51. The Morgan fingerprint density at radius 2 is 1.70 bits per heavy atom. The number of rotatable bonds is 6. The van der Waals surface area contributed by atoms with Gasteiger partial charge < -0.3 is 54.9 Å². The van der Waals surface area contributed by atoms with E-state index in [-0.39, 0.29) is 11.1 Å². The summed E-state index contributed by atoms with van der Waals surface area (Å²) in [7, 11) is 3.29. The minimum absolute atomic E-state index is 0.0131. The maximum absolute atomic E-state index is 14.6. The van der Waals surface area contributed by atoms with Crippen molar-refractivity contribution in [1.29, 1.82) is 0 Å². The fourth-order valence-corrected chi connectivity index (χ4v) is 7.89. The average Bonchev–Trinajstić information content (AvgIpc) is 3.05. The van der Waals surface area contributed by atoms with Crippen molar-refractivity contribution in [3.05, 3.63) is 68.4 Å². The van der Waals surface area contributed by atoms with Crippen LogP contribution in [0.25, 0.3) is 0 Å². The van der Waals surface area contributed by atoms with Crippen molar-refractivity contribution in [3.8, 4) is 11.5 Å². The van der Waals surface area contributed by atoms with E-state index in [0.717, 1.165) is 26.4 Å². The predicted octanol–water partition coefficient (Wildman–Crippen LogP) is -0.656. The molecule has 0 radical (unpaired) electrons. The number of aliphatic hydroxyl groups excluding tert-OH is 3. The number of allylic oxidation sites excluding steroid dienone is 2. The van der Waals surface area contributed by atoms with Crippen LogP contribution in [0.1, 0.15) is 75.4 Å². The van der Waals surface area contributed by atoms with Crippen molar-refractivity contribution >= 4 is 29.1 Å². The lowest BCUT2D eigenvalue weighted by molar-refractivity contribution is -0.214. The Morgan fingerprint density at radius 1 is 1.02 bits per heavy atom. The summed E-state index contributed by atoms with van der Waals surface area (Å²) in [6.07, 6.45) is -5.63. The Morgan fingerprint density at radius 3 is 2.30 bits per heavy atom. The Kier molecular flexibility index (Phi) is 8.50. The summed E-state index contributed by atoms with van der Waals surface area (Å²) >= 11 is 0. The number of ether oxygens (including phenoxy) is 4. The lowest BCUT2D eigenvalue weighted by Crippen LogP contribution is -2.73. The van der Waals surface area contributed by atoms with E-state index in [2.05, 4.69) is 5.32 Å². The number of esters is 1. The summed E-state index contributed by atoms with van der Waals surface area (Å²) in [4.78, 5) is 69.0. The molecule has 3 aliphatic carbocycles. The normalized spacial score (nSPS) is 31.7. The molecule has 6 rings (SSSR count). The SMILES string of the molecule is COC(=O)c1c(C)cc2c(c1O)[C@]1(O)C(=O)c3cc4c(c(O)c3C(=O)[C@]1(OC)C(O)C2)C(=O)C=C(NC1O[C@@H](C)[C@H](OC)[C@@H](O)[C@H]1CO)C4=O. The van der Waals surface area contributed by atoms with E-state index in [9.17, 15) is 54.6 Å². The third-order valence-corrected chi connectivity index (χ3v) is 10.3. The number of ketones is 4. The second-order valence-electron chi connectivity index (χ2n) is 12.7. The van der Waals surface area contributed by atoms with Gasteiger partial charge in [0.2, 0.25) is 17.3 Å². The maximum atomic E-state index is 14.6. The molecule has 1 aliphatic heterocycles. The van der Waals surface area contributed by atoms with Gasteiger partial charge in [-0.3, -0.25) is 19.2 Å². The number of aliphatic hydroxyl groups is 4. The smallest absolute Gasteiger partial charge is 0.341 e. The van der Waals surface area contributed by atoms with Crippen molar-refractivity contribution in [2.45, 2.75) is 62.1 Å². The molecule has 1 fully saturated rings. The fourth-order valence-electron chi connectivity index (χ4n) is 7.89. The van der Waals surface area contributed by atoms with E-state index in [4.69, 9.17) is 18.9 Å². The highest BCUT2D eigenvalue weighted by Gasteiger charge is 2.72. The van der Waals surface area contributed by atoms with Crippen molar-refractivity contribution in [3.63, 3.8) is 0 Å². The molecule has 50 heavy (non-hydrogen) atoms. The van der Waals surface area contributed by atoms with Crippen LogP contribution >= 0.6 is 0 Å². The monoisotopic (exact) mass is 697 g/mol. The van der Waals surface area contributed by atoms with Crippen LogP contribution in [0.4, 0.5) is 0 Å². The third-order valence-electron chi connectivity index (χ3n) is 10.3. The molecule has 1 saturated heterocycles. The van der Waals surface area contributed by atoms with Crippen molar-refractivity contribution < 1.29 is 73.6 Å². The number of fused-ring (bicyclic) bond motifs is 5. The van der Waals surface area contributed by atoms with Gasteiger partial charge in [-0.15, -0.1) is 0 Å². The van der Waals surface area contributed by atoms with E-state index >= 15 is 0 Å². The van der Waals surface area contributed by atoms with E-state index < -0.39 is 140 Å². The number of carbonyl (C=O) groups is 5. The zero-order valence-electron chi connectivity index (χ0n) is 27.5. The quantitative estimate of drug-likeness (QED) is 0.185. The van der Waals surface area contributed by atoms with E-state index in [1.54, 1.807) is 6.92 Å². The van der Waals surface area contributed by atoms with Gasteiger partial charge in [0, 0.05) is 43.4 Å². The first-order chi connectivity index (χ1) is 23.6. The van der Waals surface area contributed by atoms with Crippen LogP contribution in [0, 0.1) is 12.8 Å². The lowest BCUT2D eigenvalue weighted by Gasteiger charge is -2.52. The molecule has 2 unspecified atom stereocenters. The first kappa shape index (κ1) is 35.3. The molecular formula is C34H35NO15. The van der Waals surface area contributed by atoms with Crippen LogP contribution in [0.2, 0.25) is 0 Å². The van der Waals surface area contributed by atoms with Gasteiger partial charge in [0.25, 0.3) is 0 Å². The first-order valence-corrected chi connectivity index (χ1v) is 15.5. The molecule has 0 bridgehead atoms. The van der Waals surface area contributed by atoms with Crippen molar-refractivity contribution in [2.75, 3.05) is 27.9 Å². The molecule has 0 amide bonds. The molecule has 2 aromatic carbocycles. The molecule has 2 aromatic rings. The lowest BCUT2D eigenvalue weighted by atomic mass is 9.56. The highest BCUT2D eigenvalue weighted by Crippen LogP contribution is 2.56. The third kappa shape index (κ3) is 4.40. The Hall–Kier alpha value is -4.55. The summed E-state index contributed by atoms with van der Waals surface area (Å²) in [5.74, 6) is -8.81. The van der Waals surface area contributed by atoms with Crippen LogP contribution in [0.15, 0.2) is 23.9 Å². The average molecular weight is 698 g/mol. The summed E-state index contributed by atoms with van der Waals surface area (Å²) < 4.78 is 21.3. The summed E-state index contributed by atoms with van der Waals surface area (Å²) in [6, 6.07) is 2.15. The second kappa shape index (κ2) is 12.1. The molecule has 0 aromatic heterocycles. The second-order valence-corrected chi connectivity index (χ2v) is 12.7. The Labute approximate surface area is 283 Å². The predicted molar refractivity (Wildman–Crippen MR) is 166 cm³/mol. The number of methoxy groups -OCH3 is 3. The molecule has 0 spiro atoms. The number of phenols is 2. The number of aryl methyl sites for hydroxylation is 1. The van der Waals surface area contributed by atoms with Gasteiger partial charge >= 0.3 is 5.97 Å². The summed E-state index contributed by atoms with van der Waals surface area (Å²) in [5.41, 5.74) is -10.3. The number of phenolic OH excluding ortho intramolecular Hbond substituents is 2. The molecule has 4 aliphatic rings. The van der Waals surface area contributed by atoms with Crippen LogP contribution < -0.4 is 5.32 Å². The zero-order chi connectivity index (χ0) is 36.8. The molecular weight excluding hydrogens is 662 g/mol. The molecule has 7 N–H and O–H groups in total. The van der Waals surface area contributed by atoms with Crippen molar-refractivity contribution in [2.24, 2.45) is 5.92 Å².